The average molecular weight is 152 g/mol. The van der Waals surface area contributed by atoms with E-state index >= 15 is 0 Å². The summed E-state index contributed by atoms with van der Waals surface area (Å²) in [7, 11) is 3.35. The Kier molecular flexibility index (Phi) is 3.68. The summed E-state index contributed by atoms with van der Waals surface area (Å²) in [6.07, 6.45) is 0. The lowest BCUT2D eigenvalue weighted by atomic mass is 10.8. The Hall–Kier alpha value is 0.540. The molecule has 0 amide bonds. The predicted molar refractivity (Wildman–Crippen MR) is 37.5 cm³/mol. The number of hydrogen-bond donors (Lipinski definition) is 4. The summed E-state index contributed by atoms with van der Waals surface area (Å²) in [5.74, 6) is 1.10. The van der Waals surface area contributed by atoms with Crippen LogP contribution < -0.4 is 21.3 Å². The van der Waals surface area contributed by atoms with Gasteiger partial charge in [-0.05, 0) is 0 Å². The Morgan fingerprint density at radius 1 is 1.25 bits per heavy atom. The molecular formula is C2H8N4S2. The van der Waals surface area contributed by atoms with Crippen LogP contribution in [0.25, 0.3) is 0 Å². The van der Waals surface area contributed by atoms with Crippen LogP contribution in [0.1, 0.15) is 0 Å². The maximum Gasteiger partial charge on any atom is 0.0213 e. The Morgan fingerprint density at radius 2 is 2.25 bits per heavy atom. The van der Waals surface area contributed by atoms with E-state index in [9.17, 15) is 0 Å². The van der Waals surface area contributed by atoms with Gasteiger partial charge in [0.1, 0.15) is 0 Å². The van der Waals surface area contributed by atoms with Crippen molar-refractivity contribution in [2.45, 2.75) is 0 Å². The Bertz CT molecular complexity index is 36.0. The van der Waals surface area contributed by atoms with E-state index in [0.29, 0.717) is 0 Å². The fraction of sp³-hybridized carbons (Fsp3) is 1.00. The van der Waals surface area contributed by atoms with Crippen molar-refractivity contribution in [2.24, 2.45) is 0 Å². The lowest BCUT2D eigenvalue weighted by molar-refractivity contribution is 0.436. The van der Waals surface area contributed by atoms with Gasteiger partial charge in [-0.3, -0.25) is 0 Å². The number of hydrazine groups is 3. The van der Waals surface area contributed by atoms with Crippen LogP contribution in [0, 0.1) is 0 Å². The molecule has 0 radical (unpaired) electrons. The van der Waals surface area contributed by atoms with Crippen LogP contribution in [-0.2, 0) is 0 Å². The lowest BCUT2D eigenvalue weighted by Gasteiger charge is -2.11. The maximum absolute atomic E-state index is 2.93. The normalized spacial score (nSPS) is 24.0. The van der Waals surface area contributed by atoms with E-state index in [2.05, 4.69) is 21.3 Å². The molecule has 0 aromatic heterocycles. The zero-order valence-corrected chi connectivity index (χ0v) is 5.86. The summed E-state index contributed by atoms with van der Waals surface area (Å²) in [6.45, 7) is 0.979. The second-order valence-electron chi connectivity index (χ2n) is 1.18. The lowest BCUT2D eigenvalue weighted by Crippen LogP contribution is -2.49. The monoisotopic (exact) mass is 152 g/mol. The van der Waals surface area contributed by atoms with Gasteiger partial charge < -0.3 is 0 Å². The number of rotatable bonds is 0. The molecule has 4 N–H and O–H groups in total. The summed E-state index contributed by atoms with van der Waals surface area (Å²) in [6, 6.07) is 0. The zero-order chi connectivity index (χ0) is 5.66. The molecule has 8 heavy (non-hydrogen) atoms. The first kappa shape index (κ1) is 6.66. The SMILES string of the molecule is C1CSSNNNN1. The smallest absolute Gasteiger partial charge is 0.0213 e. The fourth-order valence-electron chi connectivity index (χ4n) is 0.317. The number of hydrogen-bond acceptors (Lipinski definition) is 6. The molecule has 1 aliphatic rings. The Morgan fingerprint density at radius 3 is 3.25 bits per heavy atom. The standard InChI is InChI=1S/C2H8N4S2/c1-2-7-8-6-5-4-3-1/h3-6H,1-2H2. The van der Waals surface area contributed by atoms with Gasteiger partial charge in [0.05, 0.1) is 0 Å². The zero-order valence-electron chi connectivity index (χ0n) is 4.23. The molecule has 0 aliphatic carbocycles. The van der Waals surface area contributed by atoms with E-state index in [4.69, 9.17) is 0 Å². The molecular weight excluding hydrogens is 144 g/mol. The molecule has 0 spiro atoms. The van der Waals surface area contributed by atoms with Crippen LogP contribution in [0.15, 0.2) is 0 Å². The predicted octanol–water partition coefficient (Wildman–Crippen LogP) is -0.600. The minimum absolute atomic E-state index is 0.979. The van der Waals surface area contributed by atoms with Gasteiger partial charge in [0.15, 0.2) is 0 Å². The minimum Gasteiger partial charge on any atom is -0.242 e. The molecule has 1 rings (SSSR count). The summed E-state index contributed by atoms with van der Waals surface area (Å²) in [5, 5.41) is 0. The van der Waals surface area contributed by atoms with Crippen LogP contribution >= 0.6 is 21.8 Å². The summed E-state index contributed by atoms with van der Waals surface area (Å²) in [4.78, 5) is 2.84. The minimum atomic E-state index is 0.979. The van der Waals surface area contributed by atoms with Crippen LogP contribution in [0.2, 0.25) is 0 Å². The highest BCUT2D eigenvalue weighted by Gasteiger charge is 1.92. The van der Waals surface area contributed by atoms with Crippen molar-refractivity contribution in [3.8, 4) is 0 Å². The molecule has 1 fully saturated rings. The average Bonchev–Trinajstić information content (AvgIpc) is 1.62. The largest absolute Gasteiger partial charge is 0.242 e. The molecule has 1 aliphatic heterocycles. The molecule has 48 valence electrons. The Labute approximate surface area is 56.0 Å². The molecule has 0 atom stereocenters. The maximum atomic E-state index is 2.93. The first-order valence-electron chi connectivity index (χ1n) is 2.26. The van der Waals surface area contributed by atoms with Crippen molar-refractivity contribution in [1.82, 2.24) is 21.3 Å². The second-order valence-corrected chi connectivity index (χ2v) is 3.41. The molecule has 6 heteroatoms. The van der Waals surface area contributed by atoms with Gasteiger partial charge in [0.25, 0.3) is 0 Å². The van der Waals surface area contributed by atoms with Crippen molar-refractivity contribution in [3.63, 3.8) is 0 Å². The second kappa shape index (κ2) is 4.42. The molecule has 0 saturated carbocycles. The third kappa shape index (κ3) is 2.75. The van der Waals surface area contributed by atoms with Crippen molar-refractivity contribution in [1.29, 1.82) is 0 Å². The van der Waals surface area contributed by atoms with Gasteiger partial charge >= 0.3 is 0 Å². The summed E-state index contributed by atoms with van der Waals surface area (Å²) < 4.78 is 0. The van der Waals surface area contributed by atoms with Crippen molar-refractivity contribution in [2.75, 3.05) is 12.3 Å². The quantitative estimate of drug-likeness (QED) is 0.275. The van der Waals surface area contributed by atoms with Crippen LogP contribution in [0.3, 0.4) is 0 Å². The molecule has 0 unspecified atom stereocenters. The van der Waals surface area contributed by atoms with Gasteiger partial charge in [-0.2, -0.15) is 15.9 Å². The molecule has 1 saturated heterocycles. The fourth-order valence-corrected chi connectivity index (χ4v) is 1.54. The third-order valence-corrected chi connectivity index (χ3v) is 2.39. The summed E-state index contributed by atoms with van der Waals surface area (Å²) >= 11 is 0. The van der Waals surface area contributed by atoms with Gasteiger partial charge in [-0.25, -0.2) is 5.43 Å². The first-order valence-corrected chi connectivity index (χ1v) is 4.58. The van der Waals surface area contributed by atoms with E-state index in [1.54, 1.807) is 21.8 Å². The molecule has 1 heterocycles. The van der Waals surface area contributed by atoms with Crippen LogP contribution in [0.5, 0.6) is 0 Å². The van der Waals surface area contributed by atoms with Gasteiger partial charge in [-0.15, -0.1) is 0 Å². The molecule has 0 bridgehead atoms. The topological polar surface area (TPSA) is 48.1 Å². The molecule has 0 aromatic carbocycles. The van der Waals surface area contributed by atoms with E-state index in [0.717, 1.165) is 12.3 Å². The van der Waals surface area contributed by atoms with Crippen molar-refractivity contribution >= 4 is 21.8 Å². The highest BCUT2D eigenvalue weighted by molar-refractivity contribution is 8.76. The highest BCUT2D eigenvalue weighted by Crippen LogP contribution is 2.14. The Balaban J connectivity index is 2.00. The van der Waals surface area contributed by atoms with Gasteiger partial charge in [-0.1, -0.05) is 10.8 Å². The van der Waals surface area contributed by atoms with Gasteiger partial charge in [0.2, 0.25) is 0 Å². The van der Waals surface area contributed by atoms with E-state index < -0.39 is 0 Å². The van der Waals surface area contributed by atoms with Crippen molar-refractivity contribution < 1.29 is 0 Å². The first-order chi connectivity index (χ1) is 4.00. The third-order valence-electron chi connectivity index (χ3n) is 0.613. The highest BCUT2D eigenvalue weighted by atomic mass is 33.1. The van der Waals surface area contributed by atoms with Crippen molar-refractivity contribution in [3.05, 3.63) is 0 Å². The number of nitrogens with one attached hydrogen (secondary N) is 4. The molecule has 0 aromatic rings. The van der Waals surface area contributed by atoms with Crippen LogP contribution in [-0.4, -0.2) is 12.3 Å². The van der Waals surface area contributed by atoms with E-state index in [1.807, 2.05) is 0 Å². The van der Waals surface area contributed by atoms with E-state index in [-0.39, 0.29) is 0 Å². The van der Waals surface area contributed by atoms with Crippen LogP contribution in [0.4, 0.5) is 0 Å². The summed E-state index contributed by atoms with van der Waals surface area (Å²) in [5.41, 5.74) is 8.39. The van der Waals surface area contributed by atoms with Gasteiger partial charge in [0, 0.05) is 23.3 Å². The van der Waals surface area contributed by atoms with E-state index in [1.165, 1.54) is 0 Å². The molecule has 4 nitrogen and oxygen atoms in total.